The Hall–Kier alpha value is -1.67. The number of hydrogen-bond donors (Lipinski definition) is 2. The Morgan fingerprint density at radius 2 is 2.22 bits per heavy atom. The predicted molar refractivity (Wildman–Crippen MR) is 89.5 cm³/mol. The van der Waals surface area contributed by atoms with E-state index in [9.17, 15) is 13.2 Å². The van der Waals surface area contributed by atoms with Gasteiger partial charge in [-0.2, -0.15) is 0 Å². The molecule has 2 N–H and O–H groups in total. The van der Waals surface area contributed by atoms with E-state index in [1.165, 1.54) is 6.20 Å². The Bertz CT molecular complexity index is 606. The standard InChI is InChI=1S/C15H24N4O3S/c1-2-19-11-6-4-7-13(19)15(20)17-10-12-23(21,22)18-14-8-3-5-9-16-14/h3,5,8-9,13H,2,4,6-7,10-12H2,1H3,(H,16,18)(H,17,20). The number of anilines is 1. The number of nitrogens with one attached hydrogen (secondary N) is 2. The minimum Gasteiger partial charge on any atom is -0.354 e. The molecule has 2 heterocycles. The molecule has 1 atom stereocenters. The highest BCUT2D eigenvalue weighted by Crippen LogP contribution is 2.16. The van der Waals surface area contributed by atoms with Crippen LogP contribution in [0.4, 0.5) is 5.82 Å². The normalized spacial score (nSPS) is 19.3. The van der Waals surface area contributed by atoms with E-state index in [0.29, 0.717) is 0 Å². The molecular weight excluding hydrogens is 316 g/mol. The number of sulfonamides is 1. The number of carbonyl (C=O) groups excluding carboxylic acids is 1. The highest BCUT2D eigenvalue weighted by atomic mass is 32.2. The molecular formula is C15H24N4O3S. The molecule has 2 rings (SSSR count). The molecule has 1 saturated heterocycles. The fourth-order valence-corrected chi connectivity index (χ4v) is 3.64. The molecule has 0 saturated carbocycles. The average molecular weight is 340 g/mol. The minimum atomic E-state index is -3.52. The number of likely N-dealkylation sites (tertiary alicyclic amines) is 1. The number of hydrogen-bond acceptors (Lipinski definition) is 5. The first kappa shape index (κ1) is 17.7. The molecule has 128 valence electrons. The summed E-state index contributed by atoms with van der Waals surface area (Å²) in [5.74, 6) is 0.0246. The van der Waals surface area contributed by atoms with Crippen molar-refractivity contribution in [2.45, 2.75) is 32.2 Å². The third kappa shape index (κ3) is 5.47. The van der Waals surface area contributed by atoms with Crippen molar-refractivity contribution >= 4 is 21.7 Å². The third-order valence-electron chi connectivity index (χ3n) is 3.92. The van der Waals surface area contributed by atoms with Crippen molar-refractivity contribution in [1.29, 1.82) is 0 Å². The number of rotatable bonds is 7. The third-order valence-corrected chi connectivity index (χ3v) is 5.18. The van der Waals surface area contributed by atoms with Crippen molar-refractivity contribution in [1.82, 2.24) is 15.2 Å². The van der Waals surface area contributed by atoms with Crippen LogP contribution in [0.3, 0.4) is 0 Å². The van der Waals surface area contributed by atoms with Gasteiger partial charge in [-0.05, 0) is 38.1 Å². The summed E-state index contributed by atoms with van der Waals surface area (Å²) < 4.78 is 26.3. The lowest BCUT2D eigenvalue weighted by Gasteiger charge is -2.33. The summed E-state index contributed by atoms with van der Waals surface area (Å²) in [5.41, 5.74) is 0. The second kappa shape index (κ2) is 8.26. The Labute approximate surface area is 137 Å². The molecule has 7 nitrogen and oxygen atoms in total. The number of nitrogens with zero attached hydrogens (tertiary/aromatic N) is 2. The summed E-state index contributed by atoms with van der Waals surface area (Å²) >= 11 is 0. The number of carbonyl (C=O) groups is 1. The van der Waals surface area contributed by atoms with Gasteiger partial charge in [-0.15, -0.1) is 0 Å². The van der Waals surface area contributed by atoms with Gasteiger partial charge in [0.15, 0.2) is 0 Å². The van der Waals surface area contributed by atoms with E-state index in [1.807, 2.05) is 6.92 Å². The second-order valence-electron chi connectivity index (χ2n) is 5.57. The molecule has 0 aromatic carbocycles. The summed E-state index contributed by atoms with van der Waals surface area (Å²) in [6.45, 7) is 3.88. The molecule has 1 aromatic heterocycles. The summed E-state index contributed by atoms with van der Waals surface area (Å²) in [6.07, 6.45) is 4.49. The van der Waals surface area contributed by atoms with Gasteiger partial charge in [-0.1, -0.05) is 19.4 Å². The Morgan fingerprint density at radius 3 is 2.91 bits per heavy atom. The van der Waals surface area contributed by atoms with Crippen LogP contribution in [0, 0.1) is 0 Å². The van der Waals surface area contributed by atoms with Crippen molar-refractivity contribution < 1.29 is 13.2 Å². The zero-order valence-electron chi connectivity index (χ0n) is 13.4. The number of amides is 1. The van der Waals surface area contributed by atoms with Gasteiger partial charge in [0.05, 0.1) is 11.8 Å². The van der Waals surface area contributed by atoms with Crippen LogP contribution in [0.25, 0.3) is 0 Å². The smallest absolute Gasteiger partial charge is 0.237 e. The van der Waals surface area contributed by atoms with E-state index >= 15 is 0 Å². The second-order valence-corrected chi connectivity index (χ2v) is 7.41. The molecule has 1 fully saturated rings. The van der Waals surface area contributed by atoms with Gasteiger partial charge in [-0.25, -0.2) is 13.4 Å². The van der Waals surface area contributed by atoms with Crippen LogP contribution in [0.2, 0.25) is 0 Å². The molecule has 0 bridgehead atoms. The minimum absolute atomic E-state index is 0.0837. The van der Waals surface area contributed by atoms with E-state index < -0.39 is 10.0 Å². The molecule has 1 aliphatic heterocycles. The monoisotopic (exact) mass is 340 g/mol. The van der Waals surface area contributed by atoms with Crippen molar-refractivity contribution in [3.63, 3.8) is 0 Å². The Kier molecular flexibility index (Phi) is 6.35. The Balaban J connectivity index is 1.80. The fourth-order valence-electron chi connectivity index (χ4n) is 2.73. The maximum absolute atomic E-state index is 12.2. The predicted octanol–water partition coefficient (Wildman–Crippen LogP) is 0.814. The van der Waals surface area contributed by atoms with Crippen LogP contribution in [0.1, 0.15) is 26.2 Å². The summed E-state index contributed by atoms with van der Waals surface area (Å²) in [5, 5.41) is 2.74. The molecule has 0 radical (unpaired) electrons. The molecule has 1 amide bonds. The molecule has 1 unspecified atom stereocenters. The lowest BCUT2D eigenvalue weighted by Crippen LogP contribution is -2.50. The van der Waals surface area contributed by atoms with Crippen LogP contribution in [-0.4, -0.2) is 55.6 Å². The van der Waals surface area contributed by atoms with Crippen LogP contribution in [0.5, 0.6) is 0 Å². The van der Waals surface area contributed by atoms with E-state index in [2.05, 4.69) is 19.9 Å². The number of piperidine rings is 1. The van der Waals surface area contributed by atoms with E-state index in [4.69, 9.17) is 0 Å². The highest BCUT2D eigenvalue weighted by molar-refractivity contribution is 7.92. The van der Waals surface area contributed by atoms with Gasteiger partial charge < -0.3 is 5.32 Å². The first-order valence-corrected chi connectivity index (χ1v) is 9.60. The zero-order chi connectivity index (χ0) is 16.7. The van der Waals surface area contributed by atoms with Crippen LogP contribution >= 0.6 is 0 Å². The van der Waals surface area contributed by atoms with Crippen LogP contribution < -0.4 is 10.0 Å². The number of aromatic nitrogens is 1. The summed E-state index contributed by atoms with van der Waals surface area (Å²) in [6, 6.07) is 4.86. The fraction of sp³-hybridized carbons (Fsp3) is 0.600. The maximum Gasteiger partial charge on any atom is 0.237 e. The van der Waals surface area contributed by atoms with Gasteiger partial charge >= 0.3 is 0 Å². The van der Waals surface area contributed by atoms with E-state index in [0.717, 1.165) is 32.4 Å². The number of likely N-dealkylation sites (N-methyl/N-ethyl adjacent to an activating group) is 1. The SMILES string of the molecule is CCN1CCCCC1C(=O)NCCS(=O)(=O)Nc1ccccn1. The number of pyridine rings is 1. The molecule has 23 heavy (non-hydrogen) atoms. The molecule has 1 aliphatic rings. The zero-order valence-corrected chi connectivity index (χ0v) is 14.2. The largest absolute Gasteiger partial charge is 0.354 e. The van der Waals surface area contributed by atoms with Crippen molar-refractivity contribution in [2.24, 2.45) is 0 Å². The van der Waals surface area contributed by atoms with Gasteiger partial charge in [-0.3, -0.25) is 14.4 Å². The first-order chi connectivity index (χ1) is 11.0. The van der Waals surface area contributed by atoms with Crippen molar-refractivity contribution in [2.75, 3.05) is 30.1 Å². The molecule has 0 aliphatic carbocycles. The average Bonchev–Trinajstić information content (AvgIpc) is 2.55. The molecule has 1 aromatic rings. The molecule has 0 spiro atoms. The van der Waals surface area contributed by atoms with Gasteiger partial charge in [0.1, 0.15) is 5.82 Å². The van der Waals surface area contributed by atoms with Crippen LogP contribution in [0.15, 0.2) is 24.4 Å². The van der Waals surface area contributed by atoms with Crippen LogP contribution in [-0.2, 0) is 14.8 Å². The van der Waals surface area contributed by atoms with Crippen molar-refractivity contribution in [3.8, 4) is 0 Å². The topological polar surface area (TPSA) is 91.4 Å². The maximum atomic E-state index is 12.2. The lowest BCUT2D eigenvalue weighted by molar-refractivity contribution is -0.127. The molecule has 8 heteroatoms. The summed E-state index contributed by atoms with van der Waals surface area (Å²) in [7, 11) is -3.52. The summed E-state index contributed by atoms with van der Waals surface area (Å²) in [4.78, 5) is 18.3. The van der Waals surface area contributed by atoms with Gasteiger partial charge in [0.25, 0.3) is 0 Å². The van der Waals surface area contributed by atoms with Crippen molar-refractivity contribution in [3.05, 3.63) is 24.4 Å². The lowest BCUT2D eigenvalue weighted by atomic mass is 10.0. The highest BCUT2D eigenvalue weighted by Gasteiger charge is 2.27. The Morgan fingerprint density at radius 1 is 1.39 bits per heavy atom. The van der Waals surface area contributed by atoms with Gasteiger partial charge in [0, 0.05) is 12.7 Å². The quantitative estimate of drug-likeness (QED) is 0.766. The van der Waals surface area contributed by atoms with E-state index in [-0.39, 0.29) is 30.1 Å². The van der Waals surface area contributed by atoms with Gasteiger partial charge in [0.2, 0.25) is 15.9 Å². The first-order valence-electron chi connectivity index (χ1n) is 7.95. The van der Waals surface area contributed by atoms with E-state index in [1.54, 1.807) is 18.2 Å².